The van der Waals surface area contributed by atoms with Gasteiger partial charge in [-0.1, -0.05) is 48.5 Å². The van der Waals surface area contributed by atoms with E-state index in [4.69, 9.17) is 9.73 Å². The first-order valence-electron chi connectivity index (χ1n) is 14.3. The van der Waals surface area contributed by atoms with Crippen molar-refractivity contribution in [1.29, 1.82) is 0 Å². The van der Waals surface area contributed by atoms with E-state index < -0.39 is 6.10 Å². The van der Waals surface area contributed by atoms with Crippen molar-refractivity contribution in [2.75, 3.05) is 44.2 Å². The number of hydrogen-bond acceptors (Lipinski definition) is 7. The molecule has 0 saturated carbocycles. The predicted octanol–water partition coefficient (Wildman–Crippen LogP) is 4.90. The molecule has 1 unspecified atom stereocenters. The Balaban J connectivity index is 1.09. The molecule has 7 nitrogen and oxygen atoms in total. The van der Waals surface area contributed by atoms with Gasteiger partial charge in [0.2, 0.25) is 0 Å². The highest BCUT2D eigenvalue weighted by Crippen LogP contribution is 2.41. The van der Waals surface area contributed by atoms with Gasteiger partial charge >= 0.3 is 0 Å². The summed E-state index contributed by atoms with van der Waals surface area (Å²) in [4.78, 5) is 37.4. The molecule has 0 spiro atoms. The number of nitrogens with one attached hydrogen (secondary N) is 1. The Morgan fingerprint density at radius 3 is 2.34 bits per heavy atom. The second kappa shape index (κ2) is 10.5. The standard InChI is InChI=1S/C34H32N4O3/c1-22-12-13-28-26(20-22)36-32-29(41-28)21-27(30-31(32)34(40)25-11-6-5-10-24(25)33(30)39)35-14-7-15-37-16-18-38(19-17-37)23-8-3-2-4-9-23/h2-6,8-13,20-21,29,35H,7,14-19H2,1H3. The molecule has 206 valence electrons. The molecule has 1 fully saturated rings. The molecule has 3 aromatic rings. The van der Waals surface area contributed by atoms with E-state index in [1.165, 1.54) is 5.69 Å². The van der Waals surface area contributed by atoms with Gasteiger partial charge in [-0.05, 0) is 55.8 Å². The van der Waals surface area contributed by atoms with Crippen molar-refractivity contribution in [2.24, 2.45) is 4.99 Å². The molecule has 1 N–H and O–H groups in total. The number of benzene rings is 3. The summed E-state index contributed by atoms with van der Waals surface area (Å²) >= 11 is 0. The largest absolute Gasteiger partial charge is 0.478 e. The highest BCUT2D eigenvalue weighted by atomic mass is 16.5. The van der Waals surface area contributed by atoms with E-state index in [1.54, 1.807) is 24.3 Å². The summed E-state index contributed by atoms with van der Waals surface area (Å²) in [7, 11) is 0. The zero-order valence-corrected chi connectivity index (χ0v) is 23.1. The maximum Gasteiger partial charge on any atom is 0.196 e. The first-order chi connectivity index (χ1) is 20.1. The van der Waals surface area contributed by atoms with Gasteiger partial charge in [0, 0.05) is 55.2 Å². The third kappa shape index (κ3) is 4.66. The lowest BCUT2D eigenvalue weighted by molar-refractivity contribution is 0.0978. The zero-order chi connectivity index (χ0) is 27.9. The number of carbonyl (C=O) groups excluding carboxylic acids is 2. The first kappa shape index (κ1) is 25.5. The third-order valence-corrected chi connectivity index (χ3v) is 8.30. The van der Waals surface area contributed by atoms with Gasteiger partial charge in [0.05, 0.1) is 16.9 Å². The van der Waals surface area contributed by atoms with Gasteiger partial charge < -0.3 is 15.0 Å². The van der Waals surface area contributed by atoms with Crippen LogP contribution in [0, 0.1) is 6.92 Å². The topological polar surface area (TPSA) is 74.2 Å². The van der Waals surface area contributed by atoms with Crippen molar-refractivity contribution in [3.8, 4) is 5.75 Å². The van der Waals surface area contributed by atoms with Gasteiger partial charge in [-0.15, -0.1) is 0 Å². The fourth-order valence-electron chi connectivity index (χ4n) is 6.16. The molecule has 2 heterocycles. The molecule has 0 bridgehead atoms. The van der Waals surface area contributed by atoms with Crippen LogP contribution in [0.4, 0.5) is 11.4 Å². The van der Waals surface area contributed by atoms with Gasteiger partial charge in [-0.3, -0.25) is 14.5 Å². The summed E-state index contributed by atoms with van der Waals surface area (Å²) in [6.45, 7) is 7.70. The number of aryl methyl sites for hydroxylation is 1. The average molecular weight is 545 g/mol. The number of rotatable bonds is 6. The van der Waals surface area contributed by atoms with Gasteiger partial charge in [-0.25, -0.2) is 4.99 Å². The van der Waals surface area contributed by atoms with Gasteiger partial charge in [0.25, 0.3) is 0 Å². The Labute approximate surface area is 239 Å². The predicted molar refractivity (Wildman–Crippen MR) is 161 cm³/mol. The number of anilines is 1. The first-order valence-corrected chi connectivity index (χ1v) is 14.3. The third-order valence-electron chi connectivity index (χ3n) is 8.30. The Hall–Kier alpha value is -4.49. The number of allylic oxidation sites excluding steroid dienone is 1. The number of ether oxygens (including phenoxy) is 1. The van der Waals surface area contributed by atoms with Gasteiger partial charge in [0.15, 0.2) is 17.7 Å². The minimum absolute atomic E-state index is 0.151. The van der Waals surface area contributed by atoms with E-state index in [0.29, 0.717) is 51.7 Å². The number of hydrogen-bond donors (Lipinski definition) is 1. The maximum atomic E-state index is 13.8. The van der Waals surface area contributed by atoms with Crippen molar-refractivity contribution in [3.05, 3.63) is 112 Å². The number of piperazine rings is 1. The van der Waals surface area contributed by atoms with Gasteiger partial charge in [0.1, 0.15) is 11.4 Å². The summed E-state index contributed by atoms with van der Waals surface area (Å²) in [5.41, 5.74) is 5.79. The molecule has 0 radical (unpaired) electrons. The molecular weight excluding hydrogens is 512 g/mol. The molecular formula is C34H32N4O3. The normalized spacial score (nSPS) is 19.8. The van der Waals surface area contributed by atoms with E-state index in [-0.39, 0.29) is 11.6 Å². The van der Waals surface area contributed by atoms with Crippen LogP contribution in [0.1, 0.15) is 32.7 Å². The fraction of sp³-hybridized carbons (Fsp3) is 0.265. The Kier molecular flexibility index (Phi) is 6.51. The van der Waals surface area contributed by atoms with E-state index in [9.17, 15) is 9.59 Å². The molecule has 7 heteroatoms. The van der Waals surface area contributed by atoms with Crippen molar-refractivity contribution in [2.45, 2.75) is 19.4 Å². The second-order valence-corrected chi connectivity index (χ2v) is 11.0. The van der Waals surface area contributed by atoms with E-state index in [2.05, 4.69) is 45.4 Å². The molecule has 1 atom stereocenters. The number of para-hydroxylation sites is 1. The van der Waals surface area contributed by atoms with Crippen molar-refractivity contribution in [3.63, 3.8) is 0 Å². The molecule has 2 aliphatic carbocycles. The maximum absolute atomic E-state index is 13.8. The number of nitrogens with zero attached hydrogens (tertiary/aromatic N) is 3. The lowest BCUT2D eigenvalue weighted by atomic mass is 9.76. The van der Waals surface area contributed by atoms with Crippen LogP contribution in [0.2, 0.25) is 0 Å². The molecule has 41 heavy (non-hydrogen) atoms. The van der Waals surface area contributed by atoms with E-state index in [1.807, 2.05) is 31.2 Å². The smallest absolute Gasteiger partial charge is 0.196 e. The molecule has 7 rings (SSSR count). The highest BCUT2D eigenvalue weighted by Gasteiger charge is 2.43. The molecule has 1 saturated heterocycles. The molecule has 0 amide bonds. The fourth-order valence-corrected chi connectivity index (χ4v) is 6.16. The number of fused-ring (bicyclic) bond motifs is 4. The SMILES string of the molecule is Cc1ccc2c(c1)N=C1C3=C(C(=O)c4ccccc4C3=O)C(NCCCN3CCN(c4ccccc4)CC3)=CC1O2. The van der Waals surface area contributed by atoms with E-state index in [0.717, 1.165) is 44.7 Å². The molecule has 0 aromatic heterocycles. The van der Waals surface area contributed by atoms with Crippen LogP contribution in [0.5, 0.6) is 5.75 Å². The lowest BCUT2D eigenvalue weighted by Crippen LogP contribution is -2.47. The van der Waals surface area contributed by atoms with Crippen LogP contribution in [-0.2, 0) is 0 Å². The van der Waals surface area contributed by atoms with Crippen molar-refractivity contribution >= 4 is 28.7 Å². The second-order valence-electron chi connectivity index (χ2n) is 11.0. The molecule has 2 aliphatic heterocycles. The minimum Gasteiger partial charge on any atom is -0.478 e. The molecule has 4 aliphatic rings. The quantitative estimate of drug-likeness (QED) is 0.445. The number of Topliss-reactive ketones (excluding diaryl/α,β-unsaturated/α-hetero) is 2. The van der Waals surface area contributed by atoms with Crippen LogP contribution < -0.4 is 15.0 Å². The van der Waals surface area contributed by atoms with Crippen molar-refractivity contribution < 1.29 is 14.3 Å². The van der Waals surface area contributed by atoms with Crippen molar-refractivity contribution in [1.82, 2.24) is 10.2 Å². The van der Waals surface area contributed by atoms with Crippen LogP contribution in [0.15, 0.2) is 101 Å². The average Bonchev–Trinajstić information content (AvgIpc) is 3.01. The molecule has 3 aromatic carbocycles. The van der Waals surface area contributed by atoms with Crippen LogP contribution in [0.3, 0.4) is 0 Å². The van der Waals surface area contributed by atoms with Crippen LogP contribution in [-0.4, -0.2) is 67.6 Å². The highest BCUT2D eigenvalue weighted by molar-refractivity contribution is 6.40. The summed E-state index contributed by atoms with van der Waals surface area (Å²) in [6.07, 6.45) is 2.29. The minimum atomic E-state index is -0.542. The monoisotopic (exact) mass is 544 g/mol. The van der Waals surface area contributed by atoms with E-state index >= 15 is 0 Å². The lowest BCUT2D eigenvalue weighted by Gasteiger charge is -2.36. The van der Waals surface area contributed by atoms with Crippen LogP contribution in [0.25, 0.3) is 0 Å². The number of aliphatic imine (C=N–C) groups is 1. The zero-order valence-electron chi connectivity index (χ0n) is 23.1. The Morgan fingerprint density at radius 1 is 0.878 bits per heavy atom. The summed E-state index contributed by atoms with van der Waals surface area (Å²) in [6, 6.07) is 23.5. The van der Waals surface area contributed by atoms with Gasteiger partial charge in [-0.2, -0.15) is 0 Å². The summed E-state index contributed by atoms with van der Waals surface area (Å²) in [5.74, 6) is 0.346. The van der Waals surface area contributed by atoms with Crippen LogP contribution >= 0.6 is 0 Å². The summed E-state index contributed by atoms with van der Waals surface area (Å²) in [5, 5.41) is 3.50. The number of ketones is 2. The number of carbonyl (C=O) groups is 2. The Bertz CT molecular complexity index is 1630. The summed E-state index contributed by atoms with van der Waals surface area (Å²) < 4.78 is 6.33. The Morgan fingerprint density at radius 2 is 1.59 bits per heavy atom.